The van der Waals surface area contributed by atoms with E-state index in [4.69, 9.17) is 6.57 Å². The molecule has 1 fully saturated rings. The maximum absolute atomic E-state index is 12.4. The number of nitrogens with zero attached hydrogens (tertiary/aromatic N) is 2. The monoisotopic (exact) mass is 286 g/mol. The molecule has 1 heterocycles. The largest absolute Gasteiger partial charge is 0.321 e. The fourth-order valence-electron chi connectivity index (χ4n) is 3.28. The molecule has 0 unspecified atom stereocenters. The third-order valence-corrected chi connectivity index (χ3v) is 4.58. The Labute approximate surface area is 127 Å². The van der Waals surface area contributed by atoms with Gasteiger partial charge >= 0.3 is 0 Å². The van der Waals surface area contributed by atoms with E-state index >= 15 is 0 Å². The number of rotatable bonds is 4. The number of carbonyl (C=O) groups excluding carboxylic acids is 1. The predicted molar refractivity (Wildman–Crippen MR) is 85.4 cm³/mol. The average Bonchev–Trinajstić information content (AvgIpc) is 2.91. The molecule has 1 aliphatic rings. The maximum atomic E-state index is 12.4. The van der Waals surface area contributed by atoms with E-state index in [9.17, 15) is 4.79 Å². The van der Waals surface area contributed by atoms with Crippen LogP contribution in [0.15, 0.2) is 12.1 Å². The van der Waals surface area contributed by atoms with Gasteiger partial charge in [0.25, 0.3) is 5.91 Å². The van der Waals surface area contributed by atoms with Crippen molar-refractivity contribution in [3.63, 3.8) is 0 Å². The topological polar surface area (TPSA) is 33.5 Å². The first kappa shape index (κ1) is 15.5. The van der Waals surface area contributed by atoms with Gasteiger partial charge < -0.3 is 9.80 Å². The molecule has 1 aromatic rings. The van der Waals surface area contributed by atoms with E-state index in [-0.39, 0.29) is 5.91 Å². The highest BCUT2D eigenvalue weighted by Crippen LogP contribution is 2.27. The summed E-state index contributed by atoms with van der Waals surface area (Å²) in [7, 11) is 0. The second kappa shape index (κ2) is 6.28. The van der Waals surface area contributed by atoms with Crippen molar-refractivity contribution in [3.8, 4) is 0 Å². The molecule has 0 aliphatic carbocycles. The van der Waals surface area contributed by atoms with Crippen LogP contribution in [0.25, 0.3) is 4.85 Å². The van der Waals surface area contributed by atoms with Crippen molar-refractivity contribution in [2.45, 2.75) is 33.6 Å². The van der Waals surface area contributed by atoms with Crippen molar-refractivity contribution in [2.24, 2.45) is 0 Å². The van der Waals surface area contributed by atoms with E-state index in [1.165, 1.54) is 12.8 Å². The third kappa shape index (κ3) is 3.43. The van der Waals surface area contributed by atoms with Crippen LogP contribution in [0.2, 0.25) is 0 Å². The standard InChI is InChI=1S/C17H23N3O/c1-5-20(8-6-7-9-20)12-16(21)19-17-13(2)10-15(18-4)11-14(17)3/h10-11H,5-9,12H2,1-3H3/p+1. The van der Waals surface area contributed by atoms with Crippen LogP contribution in [0.1, 0.15) is 30.9 Å². The van der Waals surface area contributed by atoms with E-state index in [2.05, 4.69) is 17.1 Å². The van der Waals surface area contributed by atoms with Gasteiger partial charge in [0.05, 0.1) is 26.2 Å². The first-order valence-corrected chi connectivity index (χ1v) is 7.63. The van der Waals surface area contributed by atoms with Crippen molar-refractivity contribution >= 4 is 17.3 Å². The summed E-state index contributed by atoms with van der Waals surface area (Å²) in [5.74, 6) is 0.0838. The van der Waals surface area contributed by atoms with Crippen LogP contribution in [0.4, 0.5) is 11.4 Å². The van der Waals surface area contributed by atoms with Crippen molar-refractivity contribution < 1.29 is 9.28 Å². The normalized spacial score (nSPS) is 16.5. The van der Waals surface area contributed by atoms with Crippen molar-refractivity contribution in [1.82, 2.24) is 0 Å². The zero-order valence-electron chi connectivity index (χ0n) is 13.2. The molecule has 0 radical (unpaired) electrons. The summed E-state index contributed by atoms with van der Waals surface area (Å²) in [6.45, 7) is 16.9. The van der Waals surface area contributed by atoms with Gasteiger partial charge in [-0.25, -0.2) is 4.85 Å². The van der Waals surface area contributed by atoms with Gasteiger partial charge in [-0.15, -0.1) is 0 Å². The van der Waals surface area contributed by atoms with Crippen molar-refractivity contribution in [2.75, 3.05) is 31.5 Å². The Morgan fingerprint density at radius 1 is 1.29 bits per heavy atom. The van der Waals surface area contributed by atoms with Crippen molar-refractivity contribution in [1.29, 1.82) is 0 Å². The first-order valence-electron chi connectivity index (χ1n) is 7.63. The maximum Gasteiger partial charge on any atom is 0.279 e. The molecule has 2 rings (SSSR count). The number of hydrogen-bond donors (Lipinski definition) is 1. The van der Waals surface area contributed by atoms with Crippen LogP contribution in [0, 0.1) is 20.4 Å². The number of likely N-dealkylation sites (N-methyl/N-ethyl adjacent to an activating group) is 1. The molecule has 0 saturated carbocycles. The highest BCUT2D eigenvalue weighted by atomic mass is 16.2. The van der Waals surface area contributed by atoms with Crippen LogP contribution in [-0.2, 0) is 4.79 Å². The molecule has 0 aromatic heterocycles. The van der Waals surface area contributed by atoms with Crippen molar-refractivity contribution in [3.05, 3.63) is 34.7 Å². The molecule has 21 heavy (non-hydrogen) atoms. The van der Waals surface area contributed by atoms with Gasteiger partial charge in [-0.05, 0) is 31.9 Å². The van der Waals surface area contributed by atoms with Crippen LogP contribution in [0.5, 0.6) is 0 Å². The van der Waals surface area contributed by atoms with Crippen LogP contribution < -0.4 is 5.32 Å². The fraction of sp³-hybridized carbons (Fsp3) is 0.529. The van der Waals surface area contributed by atoms with Gasteiger partial charge in [0.2, 0.25) is 0 Å². The lowest BCUT2D eigenvalue weighted by molar-refractivity contribution is -0.907. The highest BCUT2D eigenvalue weighted by molar-refractivity contribution is 5.93. The molecule has 1 aromatic carbocycles. The molecule has 4 heteroatoms. The molecule has 4 nitrogen and oxygen atoms in total. The Morgan fingerprint density at radius 3 is 2.33 bits per heavy atom. The Balaban J connectivity index is 2.11. The Kier molecular flexibility index (Phi) is 4.64. The number of benzene rings is 1. The number of nitrogens with one attached hydrogen (secondary N) is 1. The minimum atomic E-state index is 0.0838. The lowest BCUT2D eigenvalue weighted by Gasteiger charge is -2.32. The van der Waals surface area contributed by atoms with Gasteiger partial charge in [0, 0.05) is 18.5 Å². The van der Waals surface area contributed by atoms with Crippen LogP contribution in [-0.4, -0.2) is 36.6 Å². The molecule has 1 aliphatic heterocycles. The molecule has 0 atom stereocenters. The van der Waals surface area contributed by atoms with E-state index in [1.54, 1.807) is 0 Å². The number of likely N-dealkylation sites (tertiary alicyclic amines) is 1. The quantitative estimate of drug-likeness (QED) is 0.668. The van der Waals surface area contributed by atoms with Gasteiger partial charge in [0.1, 0.15) is 0 Å². The molecule has 1 N–H and O–H groups in total. The lowest BCUT2D eigenvalue weighted by Crippen LogP contribution is -2.49. The number of quaternary nitrogens is 1. The summed E-state index contributed by atoms with van der Waals surface area (Å²) in [4.78, 5) is 15.9. The number of anilines is 1. The summed E-state index contributed by atoms with van der Waals surface area (Å²) in [6, 6.07) is 3.66. The molecular weight excluding hydrogens is 262 g/mol. The lowest BCUT2D eigenvalue weighted by atomic mass is 10.1. The number of amides is 1. The summed E-state index contributed by atoms with van der Waals surface area (Å²) < 4.78 is 0.907. The van der Waals surface area contributed by atoms with E-state index in [0.717, 1.165) is 40.9 Å². The molecule has 0 spiro atoms. The Bertz CT molecular complexity index is 557. The van der Waals surface area contributed by atoms with E-state index in [0.29, 0.717) is 12.2 Å². The van der Waals surface area contributed by atoms with Gasteiger partial charge in [0.15, 0.2) is 12.2 Å². The SMILES string of the molecule is [C-]#[N+]c1cc(C)c(NC(=O)C[N+]2(CC)CCCC2)c(C)c1. The minimum absolute atomic E-state index is 0.0838. The highest BCUT2D eigenvalue weighted by Gasteiger charge is 2.32. The zero-order valence-corrected chi connectivity index (χ0v) is 13.2. The minimum Gasteiger partial charge on any atom is -0.321 e. The van der Waals surface area contributed by atoms with Gasteiger partial charge in [-0.1, -0.05) is 12.1 Å². The molecule has 0 bridgehead atoms. The predicted octanol–water partition coefficient (Wildman–Crippen LogP) is 3.42. The zero-order chi connectivity index (χ0) is 15.5. The second-order valence-corrected chi connectivity index (χ2v) is 6.08. The fourth-order valence-corrected chi connectivity index (χ4v) is 3.28. The summed E-state index contributed by atoms with van der Waals surface area (Å²) >= 11 is 0. The molecular formula is C17H24N3O+. The summed E-state index contributed by atoms with van der Waals surface area (Å²) in [6.07, 6.45) is 2.44. The molecule has 112 valence electrons. The number of hydrogen-bond acceptors (Lipinski definition) is 1. The van der Waals surface area contributed by atoms with Crippen LogP contribution in [0.3, 0.4) is 0 Å². The van der Waals surface area contributed by atoms with E-state index in [1.807, 2.05) is 26.0 Å². The smallest absolute Gasteiger partial charge is 0.279 e. The Morgan fingerprint density at radius 2 is 1.86 bits per heavy atom. The van der Waals surface area contributed by atoms with Crippen LogP contribution >= 0.6 is 0 Å². The molecule has 1 saturated heterocycles. The second-order valence-electron chi connectivity index (χ2n) is 6.08. The summed E-state index contributed by atoms with van der Waals surface area (Å²) in [5.41, 5.74) is 3.40. The van der Waals surface area contributed by atoms with E-state index < -0.39 is 0 Å². The molecule has 1 amide bonds. The third-order valence-electron chi connectivity index (χ3n) is 4.58. The van der Waals surface area contributed by atoms with Gasteiger partial charge in [-0.2, -0.15) is 0 Å². The number of aryl methyl sites for hydroxylation is 2. The first-order chi connectivity index (χ1) is 9.99. The summed E-state index contributed by atoms with van der Waals surface area (Å²) in [5, 5.41) is 3.06. The van der Waals surface area contributed by atoms with Gasteiger partial charge in [-0.3, -0.25) is 4.79 Å². The Hall–Kier alpha value is -1.86. The number of carbonyl (C=O) groups is 1. The average molecular weight is 286 g/mol.